The van der Waals surface area contributed by atoms with E-state index in [1.807, 2.05) is 6.07 Å². The summed E-state index contributed by atoms with van der Waals surface area (Å²) in [4.78, 5) is 31.5. The normalized spacial score (nSPS) is 15.2. The second-order valence-corrected chi connectivity index (χ2v) is 8.87. The van der Waals surface area contributed by atoms with Gasteiger partial charge in [0.05, 0.1) is 35.6 Å². The first-order valence-electron chi connectivity index (χ1n) is 11.2. The van der Waals surface area contributed by atoms with Crippen molar-refractivity contribution in [3.8, 4) is 11.5 Å². The van der Waals surface area contributed by atoms with Crippen molar-refractivity contribution in [2.45, 2.75) is 19.9 Å². The minimum atomic E-state index is -0.799. The number of hydrogen-bond acceptors (Lipinski definition) is 7. The largest absolute Gasteiger partial charge is 0.493 e. The number of rotatable bonds is 8. The van der Waals surface area contributed by atoms with E-state index in [0.29, 0.717) is 38.7 Å². The minimum absolute atomic E-state index is 0.171. The van der Waals surface area contributed by atoms with Gasteiger partial charge < -0.3 is 14.2 Å². The topological polar surface area (TPSA) is 79.1 Å². The molecule has 0 spiro atoms. The Morgan fingerprint density at radius 3 is 2.64 bits per heavy atom. The third-order valence-corrected chi connectivity index (χ3v) is 6.53. The number of carbonyl (C=O) groups excluding carboxylic acids is 1. The van der Waals surface area contributed by atoms with Crippen LogP contribution in [0.2, 0.25) is 0 Å². The van der Waals surface area contributed by atoms with Gasteiger partial charge in [0.1, 0.15) is 12.4 Å². The number of fused-ring (bicyclic) bond motifs is 1. The van der Waals surface area contributed by atoms with Crippen LogP contribution in [0.1, 0.15) is 31.0 Å². The molecule has 0 N–H and O–H groups in total. The molecule has 4 rings (SSSR count). The molecule has 1 atom stereocenters. The van der Waals surface area contributed by atoms with Gasteiger partial charge in [-0.15, -0.1) is 0 Å². The van der Waals surface area contributed by atoms with E-state index in [4.69, 9.17) is 14.2 Å². The summed E-state index contributed by atoms with van der Waals surface area (Å²) in [6.45, 7) is 7.55. The van der Waals surface area contributed by atoms with Gasteiger partial charge >= 0.3 is 5.97 Å². The van der Waals surface area contributed by atoms with Crippen molar-refractivity contribution in [2.75, 3.05) is 20.3 Å². The molecule has 2 heterocycles. The van der Waals surface area contributed by atoms with Crippen LogP contribution in [-0.4, -0.2) is 30.9 Å². The number of methoxy groups -OCH3 is 1. The molecule has 1 aromatic heterocycles. The zero-order valence-electron chi connectivity index (χ0n) is 20.1. The average Bonchev–Trinajstić information content (AvgIpc) is 3.17. The van der Waals surface area contributed by atoms with E-state index in [0.717, 1.165) is 5.56 Å². The molecule has 1 aliphatic rings. The first-order chi connectivity index (χ1) is 17.4. The number of esters is 1. The van der Waals surface area contributed by atoms with Crippen LogP contribution in [0.15, 0.2) is 76.2 Å². The molecule has 0 saturated heterocycles. The quantitative estimate of drug-likeness (QED) is 0.344. The highest BCUT2D eigenvalue weighted by atomic mass is 32.1. The van der Waals surface area contributed by atoms with Crippen LogP contribution in [-0.2, 0) is 9.53 Å². The Kier molecular flexibility index (Phi) is 7.49. The van der Waals surface area contributed by atoms with Crippen molar-refractivity contribution in [2.24, 2.45) is 4.99 Å². The Morgan fingerprint density at radius 1 is 1.22 bits per heavy atom. The van der Waals surface area contributed by atoms with Crippen molar-refractivity contribution >= 4 is 23.4 Å². The maximum atomic E-state index is 13.7. The third kappa shape index (κ3) is 4.87. The van der Waals surface area contributed by atoms with E-state index in [1.165, 1.54) is 35.1 Å². The van der Waals surface area contributed by atoms with Crippen LogP contribution < -0.4 is 24.4 Å². The SMILES string of the molecule is C=CCOc1ccc(/C=c2\sc3n(c2=O)[C@@H](c2ccc(F)cc2)C(C(=O)OCC)=C(C)N=3)cc1OC. The molecule has 2 aromatic carbocycles. The molecule has 0 amide bonds. The molecule has 3 aromatic rings. The number of benzene rings is 2. The monoisotopic (exact) mass is 508 g/mol. The summed E-state index contributed by atoms with van der Waals surface area (Å²) >= 11 is 1.20. The number of allylic oxidation sites excluding steroid dienone is 1. The zero-order valence-corrected chi connectivity index (χ0v) is 20.9. The summed E-state index contributed by atoms with van der Waals surface area (Å²) in [5.74, 6) is 0.0891. The van der Waals surface area contributed by atoms with E-state index >= 15 is 0 Å². The Balaban J connectivity index is 1.87. The van der Waals surface area contributed by atoms with Gasteiger partial charge in [0.2, 0.25) is 0 Å². The van der Waals surface area contributed by atoms with Gasteiger partial charge in [-0.25, -0.2) is 14.2 Å². The number of halogens is 1. The molecule has 0 radical (unpaired) electrons. The lowest BCUT2D eigenvalue weighted by Crippen LogP contribution is -2.39. The molecule has 0 unspecified atom stereocenters. The number of aromatic nitrogens is 1. The van der Waals surface area contributed by atoms with Gasteiger partial charge in [0, 0.05) is 0 Å². The van der Waals surface area contributed by atoms with Gasteiger partial charge in [-0.2, -0.15) is 0 Å². The summed E-state index contributed by atoms with van der Waals surface area (Å²) in [5.41, 5.74) is 1.66. The fourth-order valence-corrected chi connectivity index (χ4v) is 4.99. The summed E-state index contributed by atoms with van der Waals surface area (Å²) in [5, 5.41) is 0. The highest BCUT2D eigenvalue weighted by Gasteiger charge is 2.33. The summed E-state index contributed by atoms with van der Waals surface area (Å²) < 4.78 is 31.8. The molecule has 0 fully saturated rings. The molecule has 0 aliphatic carbocycles. The number of carbonyl (C=O) groups is 1. The molecule has 0 bridgehead atoms. The van der Waals surface area contributed by atoms with Crippen LogP contribution >= 0.6 is 11.3 Å². The highest BCUT2D eigenvalue weighted by Crippen LogP contribution is 2.31. The van der Waals surface area contributed by atoms with Crippen molar-refractivity contribution in [3.05, 3.63) is 103 Å². The predicted octanol–water partition coefficient (Wildman–Crippen LogP) is 3.51. The number of ether oxygens (including phenoxy) is 3. The van der Waals surface area contributed by atoms with Gasteiger partial charge in [0.15, 0.2) is 16.3 Å². The van der Waals surface area contributed by atoms with Crippen LogP contribution in [0.25, 0.3) is 6.08 Å². The Bertz CT molecular complexity index is 1520. The van der Waals surface area contributed by atoms with Gasteiger partial charge in [-0.1, -0.05) is 42.2 Å². The van der Waals surface area contributed by atoms with Crippen LogP contribution in [0.3, 0.4) is 0 Å². The molecule has 9 heteroatoms. The lowest BCUT2D eigenvalue weighted by Gasteiger charge is -2.24. The van der Waals surface area contributed by atoms with Crippen LogP contribution in [0, 0.1) is 5.82 Å². The lowest BCUT2D eigenvalue weighted by atomic mass is 9.96. The van der Waals surface area contributed by atoms with Crippen LogP contribution in [0.5, 0.6) is 11.5 Å². The Hall–Kier alpha value is -3.98. The molecule has 186 valence electrons. The lowest BCUT2D eigenvalue weighted by molar-refractivity contribution is -0.139. The minimum Gasteiger partial charge on any atom is -0.493 e. The van der Waals surface area contributed by atoms with E-state index in [1.54, 1.807) is 50.3 Å². The number of hydrogen-bond donors (Lipinski definition) is 0. The summed E-state index contributed by atoms with van der Waals surface area (Å²) in [6, 6.07) is 10.2. The Morgan fingerprint density at radius 2 is 1.97 bits per heavy atom. The van der Waals surface area contributed by atoms with E-state index < -0.39 is 17.8 Å². The smallest absolute Gasteiger partial charge is 0.338 e. The molecule has 1 aliphatic heterocycles. The second kappa shape index (κ2) is 10.7. The van der Waals surface area contributed by atoms with Crippen LogP contribution in [0.4, 0.5) is 4.39 Å². The van der Waals surface area contributed by atoms with Gasteiger partial charge in [-0.3, -0.25) is 9.36 Å². The maximum Gasteiger partial charge on any atom is 0.338 e. The van der Waals surface area contributed by atoms with Crippen molar-refractivity contribution in [1.29, 1.82) is 0 Å². The van der Waals surface area contributed by atoms with E-state index in [-0.39, 0.29) is 17.7 Å². The highest BCUT2D eigenvalue weighted by molar-refractivity contribution is 7.07. The third-order valence-electron chi connectivity index (χ3n) is 5.54. The van der Waals surface area contributed by atoms with Crippen molar-refractivity contribution in [1.82, 2.24) is 4.57 Å². The fraction of sp³-hybridized carbons (Fsp3) is 0.222. The zero-order chi connectivity index (χ0) is 25.8. The van der Waals surface area contributed by atoms with E-state index in [2.05, 4.69) is 11.6 Å². The predicted molar refractivity (Wildman–Crippen MR) is 135 cm³/mol. The molecule has 0 saturated carbocycles. The second-order valence-electron chi connectivity index (χ2n) is 7.86. The van der Waals surface area contributed by atoms with E-state index in [9.17, 15) is 14.0 Å². The molecule has 7 nitrogen and oxygen atoms in total. The van der Waals surface area contributed by atoms with Crippen molar-refractivity contribution in [3.63, 3.8) is 0 Å². The van der Waals surface area contributed by atoms with Gasteiger partial charge in [0.25, 0.3) is 5.56 Å². The summed E-state index contributed by atoms with van der Waals surface area (Å²) in [7, 11) is 1.54. The maximum absolute atomic E-state index is 13.7. The fourth-order valence-electron chi connectivity index (χ4n) is 3.95. The number of nitrogens with zero attached hydrogens (tertiary/aromatic N) is 2. The molecule has 36 heavy (non-hydrogen) atoms. The number of thiazole rings is 1. The molecular formula is C27H25FN2O5S. The average molecular weight is 509 g/mol. The standard InChI is InChI=1S/C27H25FN2O5S/c1-5-13-35-20-12-7-17(14-21(20)33-4)15-22-25(31)30-24(18-8-10-19(28)11-9-18)23(26(32)34-6-2)16(3)29-27(30)36-22/h5,7-12,14-15,24H,1,6,13H2,2-4H3/b22-15-/t24-/m0/s1. The van der Waals surface area contributed by atoms with Gasteiger partial charge in [-0.05, 0) is 55.3 Å². The van der Waals surface area contributed by atoms with Crippen molar-refractivity contribution < 1.29 is 23.4 Å². The summed E-state index contributed by atoms with van der Waals surface area (Å²) in [6.07, 6.45) is 3.37. The first kappa shape index (κ1) is 25.1. The first-order valence-corrected chi connectivity index (χ1v) is 12.1. The molecular weight excluding hydrogens is 483 g/mol. The Labute approximate surface area is 211 Å².